The highest BCUT2D eigenvalue weighted by atomic mass is 19.1. The SMILES string of the molecule is COC(=O)c1ccc(NC(=O)COC(=O)CCc2ncc(-c3ccc(F)cc3)o2)cc1. The molecular formula is C22H19FN2O6. The van der Waals surface area contributed by atoms with Gasteiger partial charge in [0.15, 0.2) is 18.3 Å². The number of methoxy groups -OCH3 is 1. The average molecular weight is 426 g/mol. The Morgan fingerprint density at radius 1 is 1.06 bits per heavy atom. The molecule has 1 aromatic heterocycles. The summed E-state index contributed by atoms with van der Waals surface area (Å²) in [4.78, 5) is 39.3. The zero-order valence-electron chi connectivity index (χ0n) is 16.6. The van der Waals surface area contributed by atoms with Gasteiger partial charge in [-0.25, -0.2) is 14.2 Å². The van der Waals surface area contributed by atoms with Gasteiger partial charge in [-0.15, -0.1) is 0 Å². The maximum Gasteiger partial charge on any atom is 0.337 e. The molecule has 3 aromatic rings. The first kappa shape index (κ1) is 21.7. The van der Waals surface area contributed by atoms with E-state index in [4.69, 9.17) is 9.15 Å². The molecule has 1 N–H and O–H groups in total. The molecular weight excluding hydrogens is 407 g/mol. The monoisotopic (exact) mass is 426 g/mol. The van der Waals surface area contributed by atoms with Crippen LogP contribution >= 0.6 is 0 Å². The predicted molar refractivity (Wildman–Crippen MR) is 108 cm³/mol. The molecule has 0 aliphatic carbocycles. The minimum atomic E-state index is -0.585. The van der Waals surface area contributed by atoms with Gasteiger partial charge in [0.2, 0.25) is 0 Å². The number of esters is 2. The lowest BCUT2D eigenvalue weighted by atomic mass is 10.2. The first-order chi connectivity index (χ1) is 14.9. The van der Waals surface area contributed by atoms with E-state index in [9.17, 15) is 18.8 Å². The summed E-state index contributed by atoms with van der Waals surface area (Å²) in [5.41, 5.74) is 1.46. The van der Waals surface area contributed by atoms with Gasteiger partial charge in [-0.3, -0.25) is 9.59 Å². The molecule has 31 heavy (non-hydrogen) atoms. The summed E-state index contributed by atoms with van der Waals surface area (Å²) < 4.78 is 28.1. The standard InChI is InChI=1S/C22H19FN2O6/c1-29-22(28)15-4-8-17(9-5-15)25-19(26)13-30-21(27)11-10-20-24-12-18(31-20)14-2-6-16(23)7-3-14/h2-9,12H,10-11,13H2,1H3,(H,25,26). The number of carbonyl (C=O) groups excluding carboxylic acids is 3. The minimum Gasteiger partial charge on any atom is -0.465 e. The molecule has 8 nitrogen and oxygen atoms in total. The number of nitrogens with zero attached hydrogens (tertiary/aromatic N) is 1. The Labute approximate surface area is 177 Å². The summed E-state index contributed by atoms with van der Waals surface area (Å²) in [7, 11) is 1.28. The van der Waals surface area contributed by atoms with Crippen molar-refractivity contribution in [2.75, 3.05) is 19.0 Å². The van der Waals surface area contributed by atoms with Crippen molar-refractivity contribution >= 4 is 23.5 Å². The molecule has 1 amide bonds. The van der Waals surface area contributed by atoms with E-state index >= 15 is 0 Å². The third-order valence-electron chi connectivity index (χ3n) is 4.18. The maximum absolute atomic E-state index is 13.0. The van der Waals surface area contributed by atoms with Crippen LogP contribution in [0.25, 0.3) is 11.3 Å². The molecule has 0 bridgehead atoms. The highest BCUT2D eigenvalue weighted by Crippen LogP contribution is 2.21. The lowest BCUT2D eigenvalue weighted by molar-refractivity contribution is -0.147. The molecule has 3 rings (SSSR count). The van der Waals surface area contributed by atoms with Crippen molar-refractivity contribution < 1.29 is 32.7 Å². The first-order valence-electron chi connectivity index (χ1n) is 9.29. The second kappa shape index (κ2) is 10.1. The summed E-state index contributed by atoms with van der Waals surface area (Å²) >= 11 is 0. The van der Waals surface area contributed by atoms with Crippen LogP contribution in [-0.2, 0) is 25.5 Å². The Hall–Kier alpha value is -4.01. The Kier molecular flexibility index (Phi) is 7.10. The van der Waals surface area contributed by atoms with Gasteiger partial charge in [-0.05, 0) is 48.5 Å². The Morgan fingerprint density at radius 2 is 1.77 bits per heavy atom. The molecule has 160 valence electrons. The van der Waals surface area contributed by atoms with Crippen LogP contribution in [0.4, 0.5) is 10.1 Å². The summed E-state index contributed by atoms with van der Waals surface area (Å²) in [5, 5.41) is 2.55. The number of hydrogen-bond acceptors (Lipinski definition) is 7. The van der Waals surface area contributed by atoms with Crippen LogP contribution in [0.1, 0.15) is 22.7 Å². The van der Waals surface area contributed by atoms with Crippen molar-refractivity contribution in [2.45, 2.75) is 12.8 Å². The van der Waals surface area contributed by atoms with E-state index in [1.165, 1.54) is 49.7 Å². The normalized spacial score (nSPS) is 10.4. The lowest BCUT2D eigenvalue weighted by Gasteiger charge is -2.07. The summed E-state index contributed by atoms with van der Waals surface area (Å²) in [5.74, 6) is -1.16. The van der Waals surface area contributed by atoms with Crippen LogP contribution in [0.3, 0.4) is 0 Å². The van der Waals surface area contributed by atoms with E-state index in [0.29, 0.717) is 28.5 Å². The fourth-order valence-corrected chi connectivity index (χ4v) is 2.61. The largest absolute Gasteiger partial charge is 0.465 e. The fourth-order valence-electron chi connectivity index (χ4n) is 2.61. The van der Waals surface area contributed by atoms with Crippen molar-refractivity contribution in [1.82, 2.24) is 4.98 Å². The Balaban J connectivity index is 1.41. The number of anilines is 1. The summed E-state index contributed by atoms with van der Waals surface area (Å²) in [6.45, 7) is -0.454. The molecule has 0 atom stereocenters. The van der Waals surface area contributed by atoms with Gasteiger partial charge in [-0.1, -0.05) is 0 Å². The Bertz CT molecular complexity index is 1060. The number of aromatic nitrogens is 1. The van der Waals surface area contributed by atoms with Crippen LogP contribution < -0.4 is 5.32 Å². The maximum atomic E-state index is 13.0. The number of aryl methyl sites for hydroxylation is 1. The third-order valence-corrected chi connectivity index (χ3v) is 4.18. The number of carbonyl (C=O) groups is 3. The fraction of sp³-hybridized carbons (Fsp3) is 0.182. The quantitative estimate of drug-likeness (QED) is 0.550. The second-order valence-electron chi connectivity index (χ2n) is 6.40. The Morgan fingerprint density at radius 3 is 2.45 bits per heavy atom. The smallest absolute Gasteiger partial charge is 0.337 e. The molecule has 0 aliphatic rings. The summed E-state index contributed by atoms with van der Waals surface area (Å²) in [6.07, 6.45) is 1.66. The first-order valence-corrected chi connectivity index (χ1v) is 9.29. The van der Waals surface area contributed by atoms with Gasteiger partial charge in [0, 0.05) is 17.7 Å². The lowest BCUT2D eigenvalue weighted by Crippen LogP contribution is -2.21. The number of amides is 1. The van der Waals surface area contributed by atoms with E-state index < -0.39 is 24.5 Å². The molecule has 0 aliphatic heterocycles. The van der Waals surface area contributed by atoms with E-state index in [-0.39, 0.29) is 18.7 Å². The van der Waals surface area contributed by atoms with Gasteiger partial charge in [0.25, 0.3) is 5.91 Å². The van der Waals surface area contributed by atoms with Gasteiger partial charge < -0.3 is 19.2 Å². The van der Waals surface area contributed by atoms with Crippen molar-refractivity contribution in [1.29, 1.82) is 0 Å². The number of oxazole rings is 1. The van der Waals surface area contributed by atoms with E-state index in [0.717, 1.165) is 0 Å². The molecule has 9 heteroatoms. The van der Waals surface area contributed by atoms with Crippen LogP contribution in [-0.4, -0.2) is 36.5 Å². The van der Waals surface area contributed by atoms with Gasteiger partial charge in [0.1, 0.15) is 5.82 Å². The van der Waals surface area contributed by atoms with Crippen molar-refractivity contribution in [2.24, 2.45) is 0 Å². The number of benzene rings is 2. The van der Waals surface area contributed by atoms with Crippen molar-refractivity contribution in [3.8, 4) is 11.3 Å². The highest BCUT2D eigenvalue weighted by Gasteiger charge is 2.12. The number of rotatable bonds is 8. The molecule has 0 saturated heterocycles. The highest BCUT2D eigenvalue weighted by molar-refractivity contribution is 5.94. The molecule has 1 heterocycles. The van der Waals surface area contributed by atoms with Crippen LogP contribution in [0.5, 0.6) is 0 Å². The number of nitrogens with one attached hydrogen (secondary N) is 1. The third kappa shape index (κ3) is 6.23. The minimum absolute atomic E-state index is 0.0233. The molecule has 0 unspecified atom stereocenters. The van der Waals surface area contributed by atoms with Crippen molar-refractivity contribution in [3.05, 3.63) is 72.0 Å². The van der Waals surface area contributed by atoms with Gasteiger partial charge in [-0.2, -0.15) is 0 Å². The van der Waals surface area contributed by atoms with Crippen molar-refractivity contribution in [3.63, 3.8) is 0 Å². The number of hydrogen-bond donors (Lipinski definition) is 1. The molecule has 0 saturated carbocycles. The second-order valence-corrected chi connectivity index (χ2v) is 6.40. The van der Waals surface area contributed by atoms with E-state index in [1.807, 2.05) is 0 Å². The van der Waals surface area contributed by atoms with Gasteiger partial charge in [0.05, 0.1) is 25.3 Å². The zero-order chi connectivity index (χ0) is 22.2. The molecule has 0 spiro atoms. The number of ether oxygens (including phenoxy) is 2. The zero-order valence-corrected chi connectivity index (χ0v) is 16.6. The van der Waals surface area contributed by atoms with Crippen LogP contribution in [0, 0.1) is 5.82 Å². The van der Waals surface area contributed by atoms with E-state index in [1.54, 1.807) is 12.1 Å². The van der Waals surface area contributed by atoms with Gasteiger partial charge >= 0.3 is 11.9 Å². The summed E-state index contributed by atoms with van der Waals surface area (Å²) in [6, 6.07) is 11.8. The average Bonchev–Trinajstić information content (AvgIpc) is 3.26. The molecule has 0 fully saturated rings. The van der Waals surface area contributed by atoms with E-state index in [2.05, 4.69) is 15.0 Å². The predicted octanol–water partition coefficient (Wildman–Crippen LogP) is 3.38. The number of halogens is 1. The topological polar surface area (TPSA) is 108 Å². The van der Waals surface area contributed by atoms with Crippen LogP contribution in [0.15, 0.2) is 59.1 Å². The van der Waals surface area contributed by atoms with Crippen LogP contribution in [0.2, 0.25) is 0 Å². The molecule has 2 aromatic carbocycles. The molecule has 0 radical (unpaired) electrons.